The van der Waals surface area contributed by atoms with Gasteiger partial charge in [0.05, 0.1) is 54.5 Å². The van der Waals surface area contributed by atoms with E-state index in [9.17, 15) is 32.4 Å². The number of fused-ring (bicyclic) bond motifs is 3. The number of piperazine rings is 2. The molecule has 3 fully saturated rings. The van der Waals surface area contributed by atoms with E-state index in [1.165, 1.54) is 8.61 Å². The van der Waals surface area contributed by atoms with Crippen molar-refractivity contribution in [2.75, 3.05) is 129 Å². The number of hydrogen-bond donors (Lipinski definition) is 2. The standard InChI is InChI=1S/C70H87N11O12S/c1-48-62(59(75(7)73-48)47-92-51-26-24-50(25-27-51)78-37-39-79(40-38-78)94(87,88)74(5)6)55-19-11-18-53-54(21-13-43-91-60-23-10-16-49-15-8-9-17-52(49)60)65(69(86)93-70(2,3)4)80(64(53)55)41-36-77-34-32-76(33-35-77)31-14-42-89-45-46-90-44-30-71-57-22-12-20-56-63(57)68(85)81(67(56)84)58-28-29-61(82)72-66(58)83/h8-12,15-20,22-27,58,71H,13-14,21,28-47H2,1-7H3,(H,72,82,83). The largest absolute Gasteiger partial charge is 0.493 e. The minimum atomic E-state index is -3.48. The zero-order valence-corrected chi connectivity index (χ0v) is 55.8. The Morgan fingerprint density at radius 3 is 2.13 bits per heavy atom. The van der Waals surface area contributed by atoms with Crippen LogP contribution < -0.4 is 25.0 Å². The molecular weight excluding hydrogens is 1220 g/mol. The number of hydrogen-bond acceptors (Lipinski definition) is 17. The second kappa shape index (κ2) is 29.6. The number of rotatable bonds is 28. The van der Waals surface area contributed by atoms with E-state index in [-0.39, 0.29) is 36.5 Å². The molecule has 7 aromatic rings. The van der Waals surface area contributed by atoms with Gasteiger partial charge in [-0.2, -0.15) is 22.1 Å². The number of esters is 1. The van der Waals surface area contributed by atoms with Crippen molar-refractivity contribution in [3.63, 3.8) is 0 Å². The molecule has 4 aliphatic rings. The Kier molecular flexibility index (Phi) is 21.2. The fourth-order valence-corrected chi connectivity index (χ4v) is 14.2. The van der Waals surface area contributed by atoms with Gasteiger partial charge in [0, 0.05) is 146 Å². The smallest absolute Gasteiger partial charge is 0.355 e. The molecule has 4 amide bonds. The van der Waals surface area contributed by atoms with Gasteiger partial charge in [-0.05, 0) is 107 Å². The fourth-order valence-electron chi connectivity index (χ4n) is 13.1. The van der Waals surface area contributed by atoms with E-state index in [4.69, 9.17) is 28.8 Å². The van der Waals surface area contributed by atoms with Crippen LogP contribution >= 0.6 is 0 Å². The summed E-state index contributed by atoms with van der Waals surface area (Å²) in [6, 6.07) is 32.5. The highest BCUT2D eigenvalue weighted by atomic mass is 32.2. The Labute approximate surface area is 549 Å². The molecule has 0 radical (unpaired) electrons. The highest BCUT2D eigenvalue weighted by molar-refractivity contribution is 7.86. The summed E-state index contributed by atoms with van der Waals surface area (Å²) < 4.78 is 63.6. The van der Waals surface area contributed by atoms with Gasteiger partial charge in [-0.15, -0.1) is 0 Å². The zero-order chi connectivity index (χ0) is 66.3. The van der Waals surface area contributed by atoms with Gasteiger partial charge in [-0.1, -0.05) is 60.7 Å². The van der Waals surface area contributed by atoms with Crippen molar-refractivity contribution in [3.8, 4) is 22.6 Å². The number of nitrogens with one attached hydrogen (secondary N) is 2. The second-order valence-electron chi connectivity index (χ2n) is 25.5. The molecule has 5 aromatic carbocycles. The summed E-state index contributed by atoms with van der Waals surface area (Å²) in [7, 11) is 1.57. The lowest BCUT2D eigenvalue weighted by atomic mass is 9.98. The maximum Gasteiger partial charge on any atom is 0.355 e. The summed E-state index contributed by atoms with van der Waals surface area (Å²) in [5, 5.41) is 13.5. The molecule has 500 valence electrons. The topological polar surface area (TPSA) is 232 Å². The fraction of sp³-hybridized carbons (Fsp3) is 0.457. The van der Waals surface area contributed by atoms with E-state index in [1.54, 1.807) is 32.3 Å². The number of nitrogens with zero attached hydrogens (tertiary/aromatic N) is 9. The summed E-state index contributed by atoms with van der Waals surface area (Å²) >= 11 is 0. The molecule has 0 spiro atoms. The van der Waals surface area contributed by atoms with Gasteiger partial charge in [0.25, 0.3) is 22.0 Å². The van der Waals surface area contributed by atoms with Crippen molar-refractivity contribution >= 4 is 72.9 Å². The summed E-state index contributed by atoms with van der Waals surface area (Å²) in [4.78, 5) is 74.0. The van der Waals surface area contributed by atoms with Gasteiger partial charge < -0.3 is 43.4 Å². The number of carbonyl (C=O) groups excluding carboxylic acids is 5. The van der Waals surface area contributed by atoms with Gasteiger partial charge >= 0.3 is 5.97 Å². The van der Waals surface area contributed by atoms with Crippen molar-refractivity contribution in [3.05, 3.63) is 137 Å². The van der Waals surface area contributed by atoms with E-state index < -0.39 is 45.5 Å². The van der Waals surface area contributed by atoms with E-state index in [1.807, 2.05) is 88.0 Å². The quantitative estimate of drug-likeness (QED) is 0.0274. The SMILES string of the molecule is Cc1nn(C)c(COc2ccc(N3CCN(S(=O)(=O)N(C)C)CC3)cc2)c1-c1cccc2c(CCCOc3cccc4ccccc34)c(C(=O)OC(C)(C)C)n(CCN3CCN(CCCOCCOCCNc4cccc5c4C(=O)N(C4CCC(=O)NC4=O)C5=O)CC3)c12. The van der Waals surface area contributed by atoms with Crippen LogP contribution in [0, 0.1) is 6.92 Å². The van der Waals surface area contributed by atoms with Crippen molar-refractivity contribution < 1.29 is 56.1 Å². The third kappa shape index (κ3) is 15.1. The van der Waals surface area contributed by atoms with E-state index in [2.05, 4.69) is 66.3 Å². The number of aryl methyl sites for hydroxylation is 3. The van der Waals surface area contributed by atoms with Crippen molar-refractivity contribution in [2.45, 2.75) is 84.6 Å². The second-order valence-corrected chi connectivity index (χ2v) is 27.6. The summed E-state index contributed by atoms with van der Waals surface area (Å²) in [6.07, 6.45) is 2.20. The van der Waals surface area contributed by atoms with Crippen molar-refractivity contribution in [1.82, 2.24) is 43.0 Å². The molecule has 23 nitrogen and oxygen atoms in total. The Bertz CT molecular complexity index is 4010. The molecule has 2 aromatic heterocycles. The van der Waals surface area contributed by atoms with Crippen LogP contribution in [0.3, 0.4) is 0 Å². The number of para-hydroxylation sites is 1. The van der Waals surface area contributed by atoms with Crippen molar-refractivity contribution in [1.29, 1.82) is 0 Å². The lowest BCUT2D eigenvalue weighted by Crippen LogP contribution is -2.54. The average Bonchev–Trinajstić information content (AvgIpc) is 1.57. The number of piperidine rings is 1. The molecule has 1 unspecified atom stereocenters. The summed E-state index contributed by atoms with van der Waals surface area (Å²) in [6.45, 7) is 18.0. The van der Waals surface area contributed by atoms with Crippen molar-refractivity contribution in [2.24, 2.45) is 7.05 Å². The normalized spacial score (nSPS) is 17.0. The predicted molar refractivity (Wildman–Crippen MR) is 360 cm³/mol. The zero-order valence-electron chi connectivity index (χ0n) is 55.0. The minimum Gasteiger partial charge on any atom is -0.493 e. The molecule has 0 saturated carbocycles. The molecule has 11 rings (SSSR count). The number of amides is 4. The number of ether oxygens (including phenoxy) is 5. The van der Waals surface area contributed by atoms with Gasteiger partial charge in [0.1, 0.15) is 35.4 Å². The van der Waals surface area contributed by atoms with Crippen LogP contribution in [0.2, 0.25) is 0 Å². The molecular formula is C70H87N11O12S. The van der Waals surface area contributed by atoms with E-state index in [0.29, 0.717) is 109 Å². The first kappa shape index (κ1) is 67.2. The molecule has 0 aliphatic carbocycles. The van der Waals surface area contributed by atoms with Crippen LogP contribution in [-0.4, -0.2) is 206 Å². The van der Waals surface area contributed by atoms with Crippen LogP contribution in [-0.2, 0) is 60.6 Å². The Morgan fingerprint density at radius 1 is 0.713 bits per heavy atom. The Morgan fingerprint density at radius 2 is 1.39 bits per heavy atom. The number of carbonyl (C=O) groups is 5. The van der Waals surface area contributed by atoms with Crippen LogP contribution in [0.25, 0.3) is 32.8 Å². The molecule has 94 heavy (non-hydrogen) atoms. The Balaban J connectivity index is 0.726. The first-order chi connectivity index (χ1) is 45.2. The van der Waals surface area contributed by atoms with Gasteiger partial charge in [0.15, 0.2) is 0 Å². The van der Waals surface area contributed by atoms with Crippen LogP contribution in [0.4, 0.5) is 11.4 Å². The lowest BCUT2D eigenvalue weighted by molar-refractivity contribution is -0.136. The van der Waals surface area contributed by atoms with Gasteiger partial charge in [0.2, 0.25) is 11.8 Å². The molecule has 4 aliphatic heterocycles. The average molecular weight is 1310 g/mol. The summed E-state index contributed by atoms with van der Waals surface area (Å²) in [5.74, 6) is -1.06. The monoisotopic (exact) mass is 1310 g/mol. The van der Waals surface area contributed by atoms with Crippen LogP contribution in [0.15, 0.2) is 103 Å². The third-order valence-electron chi connectivity index (χ3n) is 17.8. The maximum atomic E-state index is 15.0. The minimum absolute atomic E-state index is 0.0518. The van der Waals surface area contributed by atoms with E-state index in [0.717, 1.165) is 105 Å². The maximum absolute atomic E-state index is 15.0. The third-order valence-corrected chi connectivity index (χ3v) is 19.8. The van der Waals surface area contributed by atoms with Crippen LogP contribution in [0.5, 0.6) is 11.5 Å². The molecule has 3 saturated heterocycles. The van der Waals surface area contributed by atoms with E-state index >= 15 is 0 Å². The van der Waals surface area contributed by atoms with Gasteiger partial charge in [-0.3, -0.25) is 39.0 Å². The predicted octanol–water partition coefficient (Wildman–Crippen LogP) is 7.53. The highest BCUT2D eigenvalue weighted by Gasteiger charge is 2.46. The molecule has 0 bridgehead atoms. The lowest BCUT2D eigenvalue weighted by Gasteiger charge is -2.36. The first-order valence-corrected chi connectivity index (χ1v) is 34.0. The number of benzene rings is 5. The number of aromatic nitrogens is 3. The number of anilines is 2. The molecule has 6 heterocycles. The first-order valence-electron chi connectivity index (χ1n) is 32.6. The summed E-state index contributed by atoms with van der Waals surface area (Å²) in [5.41, 5.74) is 7.09. The molecule has 2 N–H and O–H groups in total. The number of imide groups is 2. The molecule has 24 heteroatoms. The highest BCUT2D eigenvalue weighted by Crippen LogP contribution is 2.40. The Hall–Kier alpha value is -8.23. The molecule has 1 atom stereocenters. The van der Waals surface area contributed by atoms with Crippen LogP contribution in [0.1, 0.15) is 94.6 Å². The van der Waals surface area contributed by atoms with Gasteiger partial charge in [-0.25, -0.2) is 4.79 Å².